The van der Waals surface area contributed by atoms with Gasteiger partial charge in [-0.3, -0.25) is 10.1 Å². The van der Waals surface area contributed by atoms with Crippen molar-refractivity contribution in [1.82, 2.24) is 10.6 Å². The molecule has 1 rings (SSSR count). The largest absolute Gasteiger partial charge is 0.351 e. The van der Waals surface area contributed by atoms with Crippen molar-refractivity contribution < 1.29 is 4.79 Å². The van der Waals surface area contributed by atoms with Crippen molar-refractivity contribution in [3.63, 3.8) is 0 Å². The van der Waals surface area contributed by atoms with Crippen molar-refractivity contribution in [2.75, 3.05) is 6.54 Å². The van der Waals surface area contributed by atoms with Crippen molar-refractivity contribution in [2.24, 2.45) is 0 Å². The Morgan fingerprint density at radius 2 is 2.41 bits per heavy atom. The number of thiophene rings is 1. The highest BCUT2D eigenvalue weighted by Gasteiger charge is 2.17. The Balaban J connectivity index is 2.50. The molecule has 0 saturated heterocycles. The topological polar surface area (TPSA) is 41.1 Å². The standard InChI is InChI=1S/C13H20N2OS/c1-4-8-14-13(16)10(3)15-11(5-2)12-7-6-9-17-12/h4,6-7,9-11,15H,1,5,8H2,2-3H3,(H,14,16). The summed E-state index contributed by atoms with van der Waals surface area (Å²) >= 11 is 1.72. The highest BCUT2D eigenvalue weighted by molar-refractivity contribution is 7.10. The summed E-state index contributed by atoms with van der Waals surface area (Å²) in [5.74, 6) is 0.0138. The molecule has 2 atom stereocenters. The SMILES string of the molecule is C=CCNC(=O)C(C)NC(CC)c1cccs1. The molecule has 0 fully saturated rings. The number of rotatable bonds is 7. The number of nitrogens with one attached hydrogen (secondary N) is 2. The van der Waals surface area contributed by atoms with E-state index in [0.29, 0.717) is 6.54 Å². The molecule has 0 aromatic carbocycles. The smallest absolute Gasteiger partial charge is 0.237 e. The van der Waals surface area contributed by atoms with Gasteiger partial charge in [0, 0.05) is 17.5 Å². The van der Waals surface area contributed by atoms with E-state index >= 15 is 0 Å². The summed E-state index contributed by atoms with van der Waals surface area (Å²) in [5.41, 5.74) is 0. The second-order valence-corrected chi connectivity index (χ2v) is 4.88. The van der Waals surface area contributed by atoms with Crippen molar-refractivity contribution in [2.45, 2.75) is 32.4 Å². The zero-order valence-electron chi connectivity index (χ0n) is 10.4. The molecular formula is C13H20N2OS. The fourth-order valence-corrected chi connectivity index (χ4v) is 2.46. The Kier molecular flexibility index (Phi) is 5.94. The Hall–Kier alpha value is -1.13. The van der Waals surface area contributed by atoms with Crippen LogP contribution in [0.15, 0.2) is 30.2 Å². The average molecular weight is 252 g/mol. The van der Waals surface area contributed by atoms with E-state index in [4.69, 9.17) is 0 Å². The number of amides is 1. The highest BCUT2D eigenvalue weighted by Crippen LogP contribution is 2.22. The molecule has 1 heterocycles. The third-order valence-electron chi connectivity index (χ3n) is 2.56. The van der Waals surface area contributed by atoms with Crippen LogP contribution in [-0.2, 0) is 4.79 Å². The third kappa shape index (κ3) is 4.32. The number of hydrogen-bond acceptors (Lipinski definition) is 3. The van der Waals surface area contributed by atoms with Gasteiger partial charge in [-0.1, -0.05) is 19.1 Å². The number of hydrogen-bond donors (Lipinski definition) is 2. The maximum Gasteiger partial charge on any atom is 0.237 e. The van der Waals surface area contributed by atoms with Crippen molar-refractivity contribution in [3.05, 3.63) is 35.0 Å². The predicted octanol–water partition coefficient (Wildman–Crippen LogP) is 2.48. The van der Waals surface area contributed by atoms with Crippen LogP contribution in [0, 0.1) is 0 Å². The Morgan fingerprint density at radius 1 is 1.65 bits per heavy atom. The minimum Gasteiger partial charge on any atom is -0.351 e. The van der Waals surface area contributed by atoms with Gasteiger partial charge < -0.3 is 5.32 Å². The molecule has 1 amide bonds. The molecule has 2 unspecified atom stereocenters. The van der Waals surface area contributed by atoms with E-state index in [0.717, 1.165) is 6.42 Å². The Bertz CT molecular complexity index is 348. The van der Waals surface area contributed by atoms with Gasteiger partial charge in [0.1, 0.15) is 0 Å². The Morgan fingerprint density at radius 3 is 2.94 bits per heavy atom. The van der Waals surface area contributed by atoms with Crippen LogP contribution in [0.1, 0.15) is 31.2 Å². The van der Waals surface area contributed by atoms with E-state index in [1.807, 2.05) is 13.0 Å². The maximum absolute atomic E-state index is 11.7. The van der Waals surface area contributed by atoms with E-state index in [9.17, 15) is 4.79 Å². The van der Waals surface area contributed by atoms with E-state index in [1.54, 1.807) is 17.4 Å². The zero-order chi connectivity index (χ0) is 12.7. The molecule has 4 heteroatoms. The van der Waals surface area contributed by atoms with Crippen LogP contribution < -0.4 is 10.6 Å². The van der Waals surface area contributed by atoms with Crippen molar-refractivity contribution in [1.29, 1.82) is 0 Å². The van der Waals surface area contributed by atoms with Gasteiger partial charge in [-0.25, -0.2) is 0 Å². The lowest BCUT2D eigenvalue weighted by molar-refractivity contribution is -0.122. The molecule has 17 heavy (non-hydrogen) atoms. The quantitative estimate of drug-likeness (QED) is 0.732. The van der Waals surface area contributed by atoms with Crippen LogP contribution >= 0.6 is 11.3 Å². The van der Waals surface area contributed by atoms with Gasteiger partial charge in [0.25, 0.3) is 0 Å². The third-order valence-corrected chi connectivity index (χ3v) is 3.55. The van der Waals surface area contributed by atoms with Gasteiger partial charge in [0.2, 0.25) is 5.91 Å². The second-order valence-electron chi connectivity index (χ2n) is 3.90. The highest BCUT2D eigenvalue weighted by atomic mass is 32.1. The summed E-state index contributed by atoms with van der Waals surface area (Å²) in [6.45, 7) is 8.09. The van der Waals surface area contributed by atoms with E-state index in [-0.39, 0.29) is 18.0 Å². The summed E-state index contributed by atoms with van der Waals surface area (Å²) in [7, 11) is 0. The van der Waals surface area contributed by atoms with Crippen molar-refractivity contribution >= 4 is 17.2 Å². The first-order valence-corrected chi connectivity index (χ1v) is 6.75. The molecule has 0 aliphatic heterocycles. The van der Waals surface area contributed by atoms with Gasteiger partial charge in [0.05, 0.1) is 6.04 Å². The molecule has 2 N–H and O–H groups in total. The maximum atomic E-state index is 11.7. The fourth-order valence-electron chi connectivity index (χ4n) is 1.59. The molecule has 94 valence electrons. The molecule has 0 saturated carbocycles. The van der Waals surface area contributed by atoms with Crippen LogP contribution in [0.3, 0.4) is 0 Å². The minimum absolute atomic E-state index is 0.0138. The first-order chi connectivity index (χ1) is 8.19. The predicted molar refractivity (Wildman–Crippen MR) is 73.2 cm³/mol. The van der Waals surface area contributed by atoms with Gasteiger partial charge in [-0.05, 0) is 24.8 Å². The first kappa shape index (κ1) is 13.9. The molecule has 0 aliphatic carbocycles. The first-order valence-electron chi connectivity index (χ1n) is 5.87. The minimum atomic E-state index is -0.193. The fraction of sp³-hybridized carbons (Fsp3) is 0.462. The van der Waals surface area contributed by atoms with Crippen LogP contribution in [0.4, 0.5) is 0 Å². The van der Waals surface area contributed by atoms with E-state index in [1.165, 1.54) is 4.88 Å². The zero-order valence-corrected chi connectivity index (χ0v) is 11.2. The summed E-state index contributed by atoms with van der Waals surface area (Å²) in [5, 5.41) is 8.19. The lowest BCUT2D eigenvalue weighted by Crippen LogP contribution is -2.43. The van der Waals surface area contributed by atoms with Crippen LogP contribution in [0.5, 0.6) is 0 Å². The Labute approximate surface area is 107 Å². The normalized spacial score (nSPS) is 14.0. The van der Waals surface area contributed by atoms with Gasteiger partial charge in [-0.15, -0.1) is 17.9 Å². The molecular weight excluding hydrogens is 232 g/mol. The number of carbonyl (C=O) groups is 1. The summed E-state index contributed by atoms with van der Waals surface area (Å²) in [6, 6.07) is 4.19. The van der Waals surface area contributed by atoms with Crippen LogP contribution in [0.25, 0.3) is 0 Å². The van der Waals surface area contributed by atoms with Gasteiger partial charge in [0.15, 0.2) is 0 Å². The molecule has 3 nitrogen and oxygen atoms in total. The summed E-state index contributed by atoms with van der Waals surface area (Å²) in [6.07, 6.45) is 2.65. The van der Waals surface area contributed by atoms with E-state index < -0.39 is 0 Å². The molecule has 0 radical (unpaired) electrons. The molecule has 1 aromatic rings. The molecule has 0 spiro atoms. The monoisotopic (exact) mass is 252 g/mol. The van der Waals surface area contributed by atoms with Crippen molar-refractivity contribution in [3.8, 4) is 0 Å². The van der Waals surface area contributed by atoms with Gasteiger partial charge >= 0.3 is 0 Å². The lowest BCUT2D eigenvalue weighted by atomic mass is 10.1. The lowest BCUT2D eigenvalue weighted by Gasteiger charge is -2.20. The second kappa shape index (κ2) is 7.25. The number of carbonyl (C=O) groups excluding carboxylic acids is 1. The molecule has 0 bridgehead atoms. The van der Waals surface area contributed by atoms with Gasteiger partial charge in [-0.2, -0.15) is 0 Å². The summed E-state index contributed by atoms with van der Waals surface area (Å²) in [4.78, 5) is 13.0. The van der Waals surface area contributed by atoms with Crippen LogP contribution in [-0.4, -0.2) is 18.5 Å². The molecule has 1 aromatic heterocycles. The van der Waals surface area contributed by atoms with E-state index in [2.05, 4.69) is 35.6 Å². The molecule has 0 aliphatic rings. The summed E-state index contributed by atoms with van der Waals surface area (Å²) < 4.78 is 0. The average Bonchev–Trinajstić information content (AvgIpc) is 2.86. The van der Waals surface area contributed by atoms with Crippen LogP contribution in [0.2, 0.25) is 0 Å².